The Morgan fingerprint density at radius 1 is 1.07 bits per heavy atom. The maximum absolute atomic E-state index is 13.0. The summed E-state index contributed by atoms with van der Waals surface area (Å²) in [6.45, 7) is 3.13. The summed E-state index contributed by atoms with van der Waals surface area (Å²) >= 11 is 0. The summed E-state index contributed by atoms with van der Waals surface area (Å²) in [6, 6.07) is 13.0. The summed E-state index contributed by atoms with van der Waals surface area (Å²) in [5, 5.41) is 0. The van der Waals surface area contributed by atoms with E-state index in [4.69, 9.17) is 4.74 Å². The van der Waals surface area contributed by atoms with Crippen molar-refractivity contribution < 1.29 is 9.53 Å². The Labute approximate surface area is 164 Å². The third-order valence-electron chi connectivity index (χ3n) is 4.67. The molecule has 0 aliphatic carbocycles. The lowest BCUT2D eigenvalue weighted by atomic mass is 10.1. The fourth-order valence-electron chi connectivity index (χ4n) is 3.23. The topological polar surface area (TPSA) is 55.3 Å². The number of carbonyl (C=O) groups excluding carboxylic acids is 1. The van der Waals surface area contributed by atoms with Gasteiger partial charge in [0.1, 0.15) is 11.4 Å². The molecule has 138 valence electrons. The molecule has 1 aromatic carbocycles. The highest BCUT2D eigenvalue weighted by atomic mass is 16.5. The van der Waals surface area contributed by atoms with Crippen LogP contribution in [0.1, 0.15) is 38.4 Å². The number of rotatable bonds is 2. The van der Waals surface area contributed by atoms with Gasteiger partial charge in [-0.3, -0.25) is 9.78 Å². The molecule has 0 saturated carbocycles. The van der Waals surface area contributed by atoms with Crippen molar-refractivity contribution >= 4 is 5.91 Å². The van der Waals surface area contributed by atoms with Crippen molar-refractivity contribution in [3.8, 4) is 17.6 Å². The number of aryl methyl sites for hydroxylation is 1. The lowest BCUT2D eigenvalue weighted by Gasteiger charge is -2.16. The first-order valence-electron chi connectivity index (χ1n) is 8.99. The molecule has 0 bridgehead atoms. The number of fused-ring (bicyclic) bond motifs is 1. The normalized spacial score (nSPS) is 12.1. The van der Waals surface area contributed by atoms with Crippen LogP contribution in [-0.4, -0.2) is 27.9 Å². The van der Waals surface area contributed by atoms with E-state index in [1.54, 1.807) is 31.5 Å². The minimum atomic E-state index is -0.0302. The molecule has 28 heavy (non-hydrogen) atoms. The molecule has 0 fully saturated rings. The summed E-state index contributed by atoms with van der Waals surface area (Å²) in [4.78, 5) is 23.4. The van der Waals surface area contributed by atoms with Crippen molar-refractivity contribution in [1.29, 1.82) is 0 Å². The Bertz CT molecular complexity index is 1100. The summed E-state index contributed by atoms with van der Waals surface area (Å²) in [6.07, 6.45) is 3.55. The Kier molecular flexibility index (Phi) is 4.77. The van der Waals surface area contributed by atoms with Gasteiger partial charge in [-0.05, 0) is 60.4 Å². The maximum Gasteiger partial charge on any atom is 0.254 e. The largest absolute Gasteiger partial charge is 0.495 e. The molecule has 0 atom stereocenters. The molecule has 0 N–H and O–H groups in total. The first-order valence-corrected chi connectivity index (χ1v) is 8.99. The van der Waals surface area contributed by atoms with Gasteiger partial charge in [0, 0.05) is 36.7 Å². The van der Waals surface area contributed by atoms with Crippen molar-refractivity contribution in [3.05, 3.63) is 88.5 Å². The second-order valence-corrected chi connectivity index (χ2v) is 6.64. The maximum atomic E-state index is 13.0. The smallest absolute Gasteiger partial charge is 0.254 e. The molecule has 1 amide bonds. The van der Waals surface area contributed by atoms with Crippen molar-refractivity contribution in [1.82, 2.24) is 14.9 Å². The first-order chi connectivity index (χ1) is 13.6. The monoisotopic (exact) mass is 369 g/mol. The summed E-state index contributed by atoms with van der Waals surface area (Å²) in [5.74, 6) is 6.69. The van der Waals surface area contributed by atoms with E-state index in [-0.39, 0.29) is 5.91 Å². The fourth-order valence-corrected chi connectivity index (χ4v) is 3.23. The van der Waals surface area contributed by atoms with E-state index in [0.717, 1.165) is 16.8 Å². The van der Waals surface area contributed by atoms with Crippen LogP contribution in [-0.2, 0) is 13.1 Å². The molecule has 0 spiro atoms. The van der Waals surface area contributed by atoms with E-state index >= 15 is 0 Å². The van der Waals surface area contributed by atoms with Gasteiger partial charge in [-0.2, -0.15) is 0 Å². The number of ether oxygens (including phenoxy) is 1. The highest BCUT2D eigenvalue weighted by molar-refractivity contribution is 5.95. The van der Waals surface area contributed by atoms with E-state index < -0.39 is 0 Å². The van der Waals surface area contributed by atoms with Gasteiger partial charge in [-0.1, -0.05) is 12.0 Å². The van der Waals surface area contributed by atoms with Crippen LogP contribution in [0.4, 0.5) is 0 Å². The number of pyridine rings is 2. The minimum absolute atomic E-state index is 0.0302. The summed E-state index contributed by atoms with van der Waals surface area (Å²) < 4.78 is 5.40. The minimum Gasteiger partial charge on any atom is -0.495 e. The number of hydrogen-bond donors (Lipinski definition) is 0. The van der Waals surface area contributed by atoms with Crippen LogP contribution >= 0.6 is 0 Å². The van der Waals surface area contributed by atoms with Gasteiger partial charge < -0.3 is 9.64 Å². The van der Waals surface area contributed by atoms with Gasteiger partial charge >= 0.3 is 0 Å². The molecule has 5 heteroatoms. The van der Waals surface area contributed by atoms with Crippen molar-refractivity contribution in [2.45, 2.75) is 20.0 Å². The number of methoxy groups -OCH3 is 1. The Hall–Kier alpha value is -3.65. The van der Waals surface area contributed by atoms with Crippen molar-refractivity contribution in [3.63, 3.8) is 0 Å². The second-order valence-electron chi connectivity index (χ2n) is 6.64. The number of nitrogens with zero attached hydrogens (tertiary/aromatic N) is 3. The van der Waals surface area contributed by atoms with Gasteiger partial charge in [0.15, 0.2) is 0 Å². The Balaban J connectivity index is 1.60. The van der Waals surface area contributed by atoms with Gasteiger partial charge in [0.25, 0.3) is 5.91 Å². The highest BCUT2D eigenvalue weighted by Crippen LogP contribution is 2.26. The van der Waals surface area contributed by atoms with E-state index in [1.807, 2.05) is 42.3 Å². The molecular formula is C23H19N3O2. The molecule has 3 aromatic rings. The van der Waals surface area contributed by atoms with E-state index in [2.05, 4.69) is 21.8 Å². The molecule has 0 radical (unpaired) electrons. The van der Waals surface area contributed by atoms with Crippen LogP contribution in [0.2, 0.25) is 0 Å². The van der Waals surface area contributed by atoms with Crippen LogP contribution < -0.4 is 4.74 Å². The lowest BCUT2D eigenvalue weighted by molar-refractivity contribution is 0.0751. The zero-order valence-corrected chi connectivity index (χ0v) is 15.8. The average molecular weight is 369 g/mol. The fraction of sp³-hybridized carbons (Fsp3) is 0.174. The number of aromatic nitrogens is 2. The van der Waals surface area contributed by atoms with Gasteiger partial charge in [0.2, 0.25) is 0 Å². The molecule has 0 saturated heterocycles. The number of amides is 1. The molecule has 0 unspecified atom stereocenters. The summed E-state index contributed by atoms with van der Waals surface area (Å²) in [7, 11) is 1.59. The van der Waals surface area contributed by atoms with E-state index in [9.17, 15) is 4.79 Å². The number of hydrogen-bond acceptors (Lipinski definition) is 4. The molecule has 5 nitrogen and oxygen atoms in total. The van der Waals surface area contributed by atoms with Gasteiger partial charge in [-0.15, -0.1) is 0 Å². The quantitative estimate of drug-likeness (QED) is 0.650. The Morgan fingerprint density at radius 3 is 2.71 bits per heavy atom. The summed E-state index contributed by atoms with van der Waals surface area (Å²) in [5.41, 5.74) is 5.13. The standard InChI is InChI=1S/C23H19N3O2/c1-16-11-19-14-26(15-20(19)13-25-16)23(27)18-7-9-22(28-2)17(12-18)6-8-21-5-3-4-10-24-21/h3-5,7,9-13H,14-15H2,1-2H3. The van der Waals surface area contributed by atoms with Gasteiger partial charge in [0.05, 0.1) is 12.7 Å². The van der Waals surface area contributed by atoms with Crippen LogP contribution in [0.3, 0.4) is 0 Å². The van der Waals surface area contributed by atoms with E-state index in [1.165, 1.54) is 0 Å². The SMILES string of the molecule is COc1ccc(C(=O)N2Cc3cnc(C)cc3C2)cc1C#Cc1ccccn1. The zero-order chi connectivity index (χ0) is 19.5. The molecule has 3 heterocycles. The number of carbonyl (C=O) groups is 1. The molecule has 1 aliphatic heterocycles. The van der Waals surface area contributed by atoms with Crippen molar-refractivity contribution in [2.75, 3.05) is 7.11 Å². The molecular weight excluding hydrogens is 350 g/mol. The van der Waals surface area contributed by atoms with Crippen LogP contribution in [0.5, 0.6) is 5.75 Å². The third kappa shape index (κ3) is 3.58. The number of benzene rings is 1. The third-order valence-corrected chi connectivity index (χ3v) is 4.67. The van der Waals surface area contributed by atoms with Crippen molar-refractivity contribution in [2.24, 2.45) is 0 Å². The molecule has 4 rings (SSSR count). The lowest BCUT2D eigenvalue weighted by Crippen LogP contribution is -2.25. The first kappa shape index (κ1) is 17.7. The predicted octanol–water partition coefficient (Wildman–Crippen LogP) is 3.35. The molecule has 1 aliphatic rings. The van der Waals surface area contributed by atoms with Crippen LogP contribution in [0.15, 0.2) is 54.9 Å². The van der Waals surface area contributed by atoms with Crippen LogP contribution in [0, 0.1) is 18.8 Å². The van der Waals surface area contributed by atoms with Gasteiger partial charge in [-0.25, -0.2) is 4.98 Å². The zero-order valence-electron chi connectivity index (χ0n) is 15.8. The second kappa shape index (κ2) is 7.53. The van der Waals surface area contributed by atoms with E-state index in [0.29, 0.717) is 35.7 Å². The Morgan fingerprint density at radius 2 is 1.93 bits per heavy atom. The van der Waals surface area contributed by atoms with Crippen LogP contribution in [0.25, 0.3) is 0 Å². The average Bonchev–Trinajstić information content (AvgIpc) is 3.15. The predicted molar refractivity (Wildman–Crippen MR) is 106 cm³/mol. The molecule has 2 aromatic heterocycles. The highest BCUT2D eigenvalue weighted by Gasteiger charge is 2.25.